The molecular weight excluding hydrogens is 372 g/mol. The molecule has 3 rings (SSSR count). The molecule has 1 aliphatic heterocycles. The van der Waals surface area contributed by atoms with Crippen molar-refractivity contribution in [1.82, 2.24) is 4.90 Å². The minimum absolute atomic E-state index is 0.0341. The molecular formula is C20H18ClF2N3O. The van der Waals surface area contributed by atoms with Crippen molar-refractivity contribution in [3.8, 4) is 6.07 Å². The molecule has 1 aliphatic rings. The molecule has 0 N–H and O–H groups in total. The number of nitrogens with zero attached hydrogens (tertiary/aromatic N) is 3. The molecule has 2 aromatic carbocycles. The molecule has 7 heteroatoms. The van der Waals surface area contributed by atoms with Crippen LogP contribution in [0.2, 0.25) is 5.02 Å². The molecule has 1 fully saturated rings. The molecule has 0 spiro atoms. The number of carbonyl (C=O) groups is 1. The quantitative estimate of drug-likeness (QED) is 0.772. The zero-order valence-electron chi connectivity index (χ0n) is 14.8. The van der Waals surface area contributed by atoms with Crippen molar-refractivity contribution in [2.75, 3.05) is 18.0 Å². The standard InChI is InChI=1S/C20H18ClF2N3O/c1-2-25-12-17(9-20(25)27)26(11-14-3-5-15(22)7-19(14)23)16-6-4-13(10-24)18(21)8-16/h3-8,17H,2,9,11-12H2,1H3/t17-/m0/s1. The highest BCUT2D eigenvalue weighted by atomic mass is 35.5. The summed E-state index contributed by atoms with van der Waals surface area (Å²) in [4.78, 5) is 15.8. The topological polar surface area (TPSA) is 47.3 Å². The number of rotatable bonds is 5. The summed E-state index contributed by atoms with van der Waals surface area (Å²) in [5, 5.41) is 9.36. The third kappa shape index (κ3) is 4.04. The number of hydrogen-bond acceptors (Lipinski definition) is 3. The smallest absolute Gasteiger partial charge is 0.224 e. The summed E-state index contributed by atoms with van der Waals surface area (Å²) in [5.74, 6) is -1.25. The summed E-state index contributed by atoms with van der Waals surface area (Å²) in [7, 11) is 0. The lowest BCUT2D eigenvalue weighted by Crippen LogP contribution is -2.37. The monoisotopic (exact) mass is 389 g/mol. The van der Waals surface area contributed by atoms with Gasteiger partial charge in [-0.2, -0.15) is 5.26 Å². The van der Waals surface area contributed by atoms with Crippen LogP contribution in [0.5, 0.6) is 0 Å². The summed E-state index contributed by atoms with van der Waals surface area (Å²) in [6, 6.07) is 10.2. The minimum Gasteiger partial charge on any atom is -0.362 e. The van der Waals surface area contributed by atoms with Gasteiger partial charge in [-0.05, 0) is 31.2 Å². The van der Waals surface area contributed by atoms with Gasteiger partial charge in [0.2, 0.25) is 5.91 Å². The predicted molar refractivity (Wildman–Crippen MR) is 99.4 cm³/mol. The van der Waals surface area contributed by atoms with Crippen LogP contribution in [-0.2, 0) is 11.3 Å². The number of amides is 1. The van der Waals surface area contributed by atoms with Gasteiger partial charge in [-0.25, -0.2) is 8.78 Å². The highest BCUT2D eigenvalue weighted by Crippen LogP contribution is 2.30. The lowest BCUT2D eigenvalue weighted by molar-refractivity contribution is -0.127. The van der Waals surface area contributed by atoms with Gasteiger partial charge in [0.25, 0.3) is 0 Å². The van der Waals surface area contributed by atoms with E-state index in [1.807, 2.05) is 17.9 Å². The number of hydrogen-bond donors (Lipinski definition) is 0. The Morgan fingerprint density at radius 1 is 1.30 bits per heavy atom. The Balaban J connectivity index is 1.97. The van der Waals surface area contributed by atoms with E-state index in [4.69, 9.17) is 16.9 Å². The summed E-state index contributed by atoms with van der Waals surface area (Å²) in [6.07, 6.45) is 0.300. The van der Waals surface area contributed by atoms with E-state index in [0.29, 0.717) is 36.3 Å². The lowest BCUT2D eigenvalue weighted by Gasteiger charge is -2.31. The molecule has 0 aromatic heterocycles. The van der Waals surface area contributed by atoms with Gasteiger partial charge in [0.1, 0.15) is 17.7 Å². The van der Waals surface area contributed by atoms with Crippen molar-refractivity contribution < 1.29 is 13.6 Å². The Bertz CT molecular complexity index is 913. The second-order valence-electron chi connectivity index (χ2n) is 6.43. The molecule has 1 amide bonds. The predicted octanol–water partition coefficient (Wildman–Crippen LogP) is 4.12. The maximum Gasteiger partial charge on any atom is 0.224 e. The maximum atomic E-state index is 14.2. The van der Waals surface area contributed by atoms with Gasteiger partial charge in [-0.3, -0.25) is 4.79 Å². The number of carbonyl (C=O) groups excluding carboxylic acids is 1. The summed E-state index contributed by atoms with van der Waals surface area (Å²) in [6.45, 7) is 3.17. The van der Waals surface area contributed by atoms with Crippen LogP contribution in [0, 0.1) is 23.0 Å². The highest BCUT2D eigenvalue weighted by molar-refractivity contribution is 6.32. The molecule has 4 nitrogen and oxygen atoms in total. The van der Waals surface area contributed by atoms with Crippen LogP contribution in [-0.4, -0.2) is 29.9 Å². The second-order valence-corrected chi connectivity index (χ2v) is 6.84. The Hall–Kier alpha value is -2.65. The van der Waals surface area contributed by atoms with Crippen LogP contribution in [0.4, 0.5) is 14.5 Å². The fourth-order valence-electron chi connectivity index (χ4n) is 3.30. The number of halogens is 3. The normalized spacial score (nSPS) is 16.5. The van der Waals surface area contributed by atoms with Gasteiger partial charge in [0.05, 0.1) is 16.6 Å². The van der Waals surface area contributed by atoms with Crippen LogP contribution < -0.4 is 4.90 Å². The average molecular weight is 390 g/mol. The van der Waals surface area contributed by atoms with E-state index in [9.17, 15) is 13.6 Å². The molecule has 1 saturated heterocycles. The summed E-state index contributed by atoms with van der Waals surface area (Å²) < 4.78 is 27.5. The zero-order valence-corrected chi connectivity index (χ0v) is 15.5. The SMILES string of the molecule is CCN1C[C@@H](N(Cc2ccc(F)cc2F)c2ccc(C#N)c(Cl)c2)CC1=O. The number of anilines is 1. The number of likely N-dealkylation sites (N-methyl/N-ethyl adjacent to an activating group) is 1. The van der Waals surface area contributed by atoms with E-state index in [1.165, 1.54) is 12.1 Å². The van der Waals surface area contributed by atoms with Gasteiger partial charge in [0, 0.05) is 43.4 Å². The summed E-state index contributed by atoms with van der Waals surface area (Å²) >= 11 is 6.17. The largest absolute Gasteiger partial charge is 0.362 e. The van der Waals surface area contributed by atoms with Crippen LogP contribution in [0.25, 0.3) is 0 Å². The fraction of sp³-hybridized carbons (Fsp3) is 0.300. The molecule has 0 saturated carbocycles. The van der Waals surface area contributed by atoms with Crippen LogP contribution in [0.15, 0.2) is 36.4 Å². The average Bonchev–Trinajstić information content (AvgIpc) is 3.01. The first kappa shape index (κ1) is 19.1. The first-order valence-corrected chi connectivity index (χ1v) is 8.98. The Kier molecular flexibility index (Phi) is 5.62. The van der Waals surface area contributed by atoms with Crippen molar-refractivity contribution in [3.05, 3.63) is 64.2 Å². The van der Waals surface area contributed by atoms with Gasteiger partial charge in [0.15, 0.2) is 0 Å². The van der Waals surface area contributed by atoms with Gasteiger partial charge < -0.3 is 9.80 Å². The fourth-order valence-corrected chi connectivity index (χ4v) is 3.52. The molecule has 0 unspecified atom stereocenters. The van der Waals surface area contributed by atoms with Gasteiger partial charge in [-0.15, -0.1) is 0 Å². The third-order valence-corrected chi connectivity index (χ3v) is 5.09. The Labute approximate surface area is 161 Å². The first-order valence-electron chi connectivity index (χ1n) is 8.61. The molecule has 0 bridgehead atoms. The van der Waals surface area contributed by atoms with E-state index < -0.39 is 11.6 Å². The number of benzene rings is 2. The molecule has 140 valence electrons. The number of likely N-dealkylation sites (tertiary alicyclic amines) is 1. The number of nitriles is 1. The van der Waals surface area contributed by atoms with Gasteiger partial charge >= 0.3 is 0 Å². The summed E-state index contributed by atoms with van der Waals surface area (Å²) in [5.41, 5.74) is 1.34. The van der Waals surface area contributed by atoms with E-state index in [2.05, 4.69) is 0 Å². The van der Waals surface area contributed by atoms with Crippen LogP contribution in [0.1, 0.15) is 24.5 Å². The van der Waals surface area contributed by atoms with Crippen molar-refractivity contribution in [3.63, 3.8) is 0 Å². The second kappa shape index (κ2) is 7.93. The van der Waals surface area contributed by atoms with Crippen LogP contribution >= 0.6 is 11.6 Å². The molecule has 1 atom stereocenters. The van der Waals surface area contributed by atoms with E-state index in [0.717, 1.165) is 6.07 Å². The molecule has 1 heterocycles. The minimum atomic E-state index is -0.642. The van der Waals surface area contributed by atoms with E-state index in [-0.39, 0.29) is 23.5 Å². The molecule has 27 heavy (non-hydrogen) atoms. The zero-order chi connectivity index (χ0) is 19.6. The van der Waals surface area contributed by atoms with Crippen molar-refractivity contribution in [2.24, 2.45) is 0 Å². The van der Waals surface area contributed by atoms with Crippen molar-refractivity contribution in [1.29, 1.82) is 5.26 Å². The Morgan fingerprint density at radius 3 is 2.67 bits per heavy atom. The molecule has 2 aromatic rings. The first-order chi connectivity index (χ1) is 12.9. The van der Waals surface area contributed by atoms with E-state index >= 15 is 0 Å². The van der Waals surface area contributed by atoms with Crippen molar-refractivity contribution >= 4 is 23.2 Å². The van der Waals surface area contributed by atoms with Gasteiger partial charge in [-0.1, -0.05) is 17.7 Å². The maximum absolute atomic E-state index is 14.2. The molecule has 0 aliphatic carbocycles. The highest BCUT2D eigenvalue weighted by Gasteiger charge is 2.33. The molecule has 0 radical (unpaired) electrons. The van der Waals surface area contributed by atoms with E-state index in [1.54, 1.807) is 23.1 Å². The third-order valence-electron chi connectivity index (χ3n) is 4.78. The Morgan fingerprint density at radius 2 is 2.07 bits per heavy atom. The lowest BCUT2D eigenvalue weighted by atomic mass is 10.1. The van der Waals surface area contributed by atoms with Crippen molar-refractivity contribution in [2.45, 2.75) is 25.9 Å². The van der Waals surface area contributed by atoms with Crippen LogP contribution in [0.3, 0.4) is 0 Å².